The van der Waals surface area contributed by atoms with Crippen LogP contribution in [0.15, 0.2) is 35.0 Å². The van der Waals surface area contributed by atoms with Gasteiger partial charge in [-0.3, -0.25) is 4.98 Å². The first kappa shape index (κ1) is 12.5. The molecule has 0 bridgehead atoms. The molecule has 5 heteroatoms. The van der Waals surface area contributed by atoms with E-state index in [1.54, 1.807) is 6.20 Å². The van der Waals surface area contributed by atoms with Gasteiger partial charge < -0.3 is 15.6 Å². The summed E-state index contributed by atoms with van der Waals surface area (Å²) >= 11 is 0. The van der Waals surface area contributed by atoms with Gasteiger partial charge in [0.2, 0.25) is 0 Å². The molecule has 0 saturated heterocycles. The third-order valence-corrected chi connectivity index (χ3v) is 3.44. The second kappa shape index (κ2) is 4.85. The Kier molecular flexibility index (Phi) is 3.02. The Labute approximate surface area is 116 Å². The normalized spacial score (nSPS) is 10.9. The van der Waals surface area contributed by atoms with E-state index < -0.39 is 0 Å². The number of aromatic nitrogens is 2. The maximum atomic E-state index is 5.97. The molecule has 0 radical (unpaired) electrons. The highest BCUT2D eigenvalue weighted by Crippen LogP contribution is 2.27. The number of benzene rings is 1. The second-order valence-corrected chi connectivity index (χ2v) is 4.76. The lowest BCUT2D eigenvalue weighted by atomic mass is 10.1. The summed E-state index contributed by atoms with van der Waals surface area (Å²) in [6, 6.07) is 7.69. The third kappa shape index (κ3) is 2.07. The second-order valence-electron chi connectivity index (χ2n) is 4.76. The summed E-state index contributed by atoms with van der Waals surface area (Å²) in [6.45, 7) is 4.50. The maximum Gasteiger partial charge on any atom is 0.138 e. The van der Waals surface area contributed by atoms with Crippen LogP contribution in [0.25, 0.3) is 10.9 Å². The van der Waals surface area contributed by atoms with E-state index in [0.717, 1.165) is 39.3 Å². The Morgan fingerprint density at radius 3 is 2.85 bits per heavy atom. The topological polar surface area (TPSA) is 77.0 Å². The lowest BCUT2D eigenvalue weighted by Gasteiger charge is -2.10. The highest BCUT2D eigenvalue weighted by Gasteiger charge is 2.10. The van der Waals surface area contributed by atoms with Gasteiger partial charge in [-0.05, 0) is 38.1 Å². The maximum absolute atomic E-state index is 5.97. The molecule has 0 fully saturated rings. The lowest BCUT2D eigenvalue weighted by molar-refractivity contribution is 0.392. The van der Waals surface area contributed by atoms with Crippen LogP contribution in [0.1, 0.15) is 17.0 Å². The molecule has 0 atom stereocenters. The molecule has 3 N–H and O–H groups in total. The van der Waals surface area contributed by atoms with Gasteiger partial charge in [0, 0.05) is 29.4 Å². The first-order chi connectivity index (χ1) is 9.66. The van der Waals surface area contributed by atoms with Crippen molar-refractivity contribution in [2.24, 2.45) is 0 Å². The van der Waals surface area contributed by atoms with Crippen molar-refractivity contribution in [1.29, 1.82) is 0 Å². The summed E-state index contributed by atoms with van der Waals surface area (Å²) < 4.78 is 5.16. The summed E-state index contributed by atoms with van der Waals surface area (Å²) in [6.07, 6.45) is 1.77. The molecule has 102 valence electrons. The van der Waals surface area contributed by atoms with Crippen LogP contribution in [0.4, 0.5) is 11.4 Å². The van der Waals surface area contributed by atoms with Gasteiger partial charge in [0.05, 0.1) is 16.9 Å². The van der Waals surface area contributed by atoms with Gasteiger partial charge >= 0.3 is 0 Å². The highest BCUT2D eigenvalue weighted by atomic mass is 16.5. The summed E-state index contributed by atoms with van der Waals surface area (Å²) in [5, 5.41) is 8.29. The van der Waals surface area contributed by atoms with E-state index in [1.807, 2.05) is 38.1 Å². The van der Waals surface area contributed by atoms with Crippen LogP contribution in [0, 0.1) is 13.8 Å². The molecule has 0 aliphatic carbocycles. The van der Waals surface area contributed by atoms with Gasteiger partial charge in [-0.2, -0.15) is 0 Å². The van der Waals surface area contributed by atoms with Crippen LogP contribution in [-0.2, 0) is 6.54 Å². The Hall–Kier alpha value is -2.56. The van der Waals surface area contributed by atoms with Crippen molar-refractivity contribution >= 4 is 22.3 Å². The largest absolute Gasteiger partial charge is 0.398 e. The molecule has 2 aromatic heterocycles. The van der Waals surface area contributed by atoms with Crippen molar-refractivity contribution in [3.8, 4) is 0 Å². The highest BCUT2D eigenvalue weighted by molar-refractivity contribution is 5.98. The molecule has 0 spiro atoms. The van der Waals surface area contributed by atoms with Gasteiger partial charge in [0.1, 0.15) is 5.76 Å². The number of hydrogen-bond acceptors (Lipinski definition) is 5. The predicted molar refractivity (Wildman–Crippen MR) is 79.5 cm³/mol. The number of hydrogen-bond donors (Lipinski definition) is 2. The van der Waals surface area contributed by atoms with E-state index in [9.17, 15) is 0 Å². The molecular formula is C15H16N4O. The molecule has 0 amide bonds. The molecule has 2 heterocycles. The fourth-order valence-corrected chi connectivity index (χ4v) is 2.28. The van der Waals surface area contributed by atoms with Crippen LogP contribution >= 0.6 is 0 Å². The SMILES string of the molecule is Cc1noc(C)c1CNc1ccc(N)c2cccnc12. The summed E-state index contributed by atoms with van der Waals surface area (Å²) in [5.41, 5.74) is 10.5. The number of nitrogens with two attached hydrogens (primary N) is 1. The number of pyridine rings is 1. The van der Waals surface area contributed by atoms with Crippen LogP contribution in [0.3, 0.4) is 0 Å². The zero-order chi connectivity index (χ0) is 14.1. The number of nitrogens with zero attached hydrogens (tertiary/aromatic N) is 2. The zero-order valence-corrected chi connectivity index (χ0v) is 11.5. The number of nitrogen functional groups attached to an aromatic ring is 1. The third-order valence-electron chi connectivity index (χ3n) is 3.44. The molecule has 0 unspecified atom stereocenters. The monoisotopic (exact) mass is 268 g/mol. The van der Waals surface area contributed by atoms with Crippen LogP contribution in [-0.4, -0.2) is 10.1 Å². The standard InChI is InChI=1S/C15H16N4O/c1-9-12(10(2)20-19-9)8-18-14-6-5-13(16)11-4-3-7-17-15(11)14/h3-7,18H,8,16H2,1-2H3. The van der Waals surface area contributed by atoms with Crippen LogP contribution in [0.5, 0.6) is 0 Å². The number of rotatable bonds is 3. The molecule has 3 aromatic rings. The fraction of sp³-hybridized carbons (Fsp3) is 0.200. The van der Waals surface area contributed by atoms with Crippen LogP contribution < -0.4 is 11.1 Å². The number of anilines is 2. The van der Waals surface area contributed by atoms with Crippen molar-refractivity contribution in [3.63, 3.8) is 0 Å². The smallest absolute Gasteiger partial charge is 0.138 e. The van der Waals surface area contributed by atoms with E-state index in [4.69, 9.17) is 10.3 Å². The Morgan fingerprint density at radius 2 is 2.10 bits per heavy atom. The van der Waals surface area contributed by atoms with Gasteiger partial charge in [-0.25, -0.2) is 0 Å². The number of nitrogens with one attached hydrogen (secondary N) is 1. The van der Waals surface area contributed by atoms with E-state index in [2.05, 4.69) is 15.5 Å². The summed E-state index contributed by atoms with van der Waals surface area (Å²) in [4.78, 5) is 4.41. The average Bonchev–Trinajstić information content (AvgIpc) is 2.78. The Morgan fingerprint density at radius 1 is 1.25 bits per heavy atom. The molecular weight excluding hydrogens is 252 g/mol. The first-order valence-corrected chi connectivity index (χ1v) is 6.45. The summed E-state index contributed by atoms with van der Waals surface area (Å²) in [5.74, 6) is 0.836. The zero-order valence-electron chi connectivity index (χ0n) is 11.5. The minimum atomic E-state index is 0.650. The molecule has 0 saturated carbocycles. The molecule has 0 aliphatic rings. The first-order valence-electron chi connectivity index (χ1n) is 6.45. The van der Waals surface area contributed by atoms with E-state index in [1.165, 1.54) is 0 Å². The van der Waals surface area contributed by atoms with Gasteiger partial charge in [-0.1, -0.05) is 5.16 Å². The number of aryl methyl sites for hydroxylation is 2. The van der Waals surface area contributed by atoms with E-state index in [-0.39, 0.29) is 0 Å². The van der Waals surface area contributed by atoms with Crippen molar-refractivity contribution in [3.05, 3.63) is 47.5 Å². The number of fused-ring (bicyclic) bond motifs is 1. The minimum Gasteiger partial charge on any atom is -0.398 e. The molecule has 5 nitrogen and oxygen atoms in total. The molecule has 3 rings (SSSR count). The van der Waals surface area contributed by atoms with Crippen molar-refractivity contribution in [2.45, 2.75) is 20.4 Å². The molecule has 20 heavy (non-hydrogen) atoms. The predicted octanol–water partition coefficient (Wildman–Crippen LogP) is 3.03. The lowest BCUT2D eigenvalue weighted by Crippen LogP contribution is -2.03. The van der Waals surface area contributed by atoms with Gasteiger partial charge in [0.15, 0.2) is 0 Å². The van der Waals surface area contributed by atoms with Crippen molar-refractivity contribution in [2.75, 3.05) is 11.1 Å². The quantitative estimate of drug-likeness (QED) is 0.714. The van der Waals surface area contributed by atoms with Gasteiger partial charge in [0.25, 0.3) is 0 Å². The van der Waals surface area contributed by atoms with Crippen LogP contribution in [0.2, 0.25) is 0 Å². The minimum absolute atomic E-state index is 0.650. The molecule has 0 aliphatic heterocycles. The van der Waals surface area contributed by atoms with Crippen molar-refractivity contribution < 1.29 is 4.52 Å². The fourth-order valence-electron chi connectivity index (χ4n) is 2.28. The van der Waals surface area contributed by atoms with Gasteiger partial charge in [-0.15, -0.1) is 0 Å². The van der Waals surface area contributed by atoms with E-state index >= 15 is 0 Å². The van der Waals surface area contributed by atoms with Crippen molar-refractivity contribution in [1.82, 2.24) is 10.1 Å². The summed E-state index contributed by atoms with van der Waals surface area (Å²) in [7, 11) is 0. The Balaban J connectivity index is 1.94. The Bertz CT molecular complexity index is 744. The van der Waals surface area contributed by atoms with E-state index in [0.29, 0.717) is 6.54 Å². The molecule has 1 aromatic carbocycles. The average molecular weight is 268 g/mol.